The van der Waals surface area contributed by atoms with E-state index in [1.54, 1.807) is 24.5 Å². The second-order valence-corrected chi connectivity index (χ2v) is 6.51. The number of nitrogens with one attached hydrogen (secondary N) is 1. The van der Waals surface area contributed by atoms with Crippen molar-refractivity contribution in [3.8, 4) is 0 Å². The molecule has 2 aromatic heterocycles. The molecule has 5 nitrogen and oxygen atoms in total. The number of carbonyl (C=O) groups is 1. The van der Waals surface area contributed by atoms with Crippen LogP contribution in [0.5, 0.6) is 0 Å². The van der Waals surface area contributed by atoms with Gasteiger partial charge in [-0.15, -0.1) is 0 Å². The van der Waals surface area contributed by atoms with Crippen LogP contribution in [0.4, 0.5) is 0 Å². The van der Waals surface area contributed by atoms with Gasteiger partial charge in [-0.1, -0.05) is 42.0 Å². The number of hydrogen-bond donors (Lipinski definition) is 1. The Labute approximate surface area is 157 Å². The summed E-state index contributed by atoms with van der Waals surface area (Å²) in [5, 5.41) is 2.96. The number of imidazole rings is 1. The second kappa shape index (κ2) is 7.41. The van der Waals surface area contributed by atoms with Crippen LogP contribution in [0.2, 0.25) is 0 Å². The molecule has 0 atom stereocenters. The topological polar surface area (TPSA) is 59.8 Å². The molecule has 0 aliphatic carbocycles. The van der Waals surface area contributed by atoms with E-state index in [0.717, 1.165) is 16.9 Å². The Hall–Kier alpha value is -3.47. The number of amides is 1. The minimum Gasteiger partial charge on any atom is -0.345 e. The SMILES string of the molecule is Cc1cccc(Cn2c(CNC(=O)c3ccncc3)nc3ccccc32)c1. The minimum atomic E-state index is -0.133. The lowest BCUT2D eigenvalue weighted by molar-refractivity contribution is 0.0949. The Morgan fingerprint density at radius 3 is 2.67 bits per heavy atom. The molecule has 2 aromatic carbocycles. The average molecular weight is 356 g/mol. The molecule has 4 aromatic rings. The maximum absolute atomic E-state index is 12.4. The lowest BCUT2D eigenvalue weighted by Gasteiger charge is -2.11. The van der Waals surface area contributed by atoms with E-state index in [2.05, 4.69) is 52.1 Å². The quantitative estimate of drug-likeness (QED) is 0.593. The fourth-order valence-corrected chi connectivity index (χ4v) is 3.19. The van der Waals surface area contributed by atoms with Crippen LogP contribution in [0.15, 0.2) is 73.1 Å². The summed E-state index contributed by atoms with van der Waals surface area (Å²) in [6.07, 6.45) is 3.23. The van der Waals surface area contributed by atoms with Crippen molar-refractivity contribution < 1.29 is 4.79 Å². The summed E-state index contributed by atoms with van der Waals surface area (Å²) in [5.41, 5.74) is 5.01. The normalized spacial score (nSPS) is 10.9. The molecule has 0 bridgehead atoms. The first-order valence-corrected chi connectivity index (χ1v) is 8.88. The van der Waals surface area contributed by atoms with Crippen molar-refractivity contribution in [1.82, 2.24) is 19.9 Å². The monoisotopic (exact) mass is 356 g/mol. The van der Waals surface area contributed by atoms with Crippen molar-refractivity contribution in [2.24, 2.45) is 0 Å². The van der Waals surface area contributed by atoms with Gasteiger partial charge in [-0.05, 0) is 36.8 Å². The first-order chi connectivity index (χ1) is 13.2. The number of carbonyl (C=O) groups excluding carboxylic acids is 1. The molecule has 0 unspecified atom stereocenters. The number of benzene rings is 2. The van der Waals surface area contributed by atoms with Gasteiger partial charge in [0.2, 0.25) is 0 Å². The summed E-state index contributed by atoms with van der Waals surface area (Å²) < 4.78 is 2.16. The van der Waals surface area contributed by atoms with Gasteiger partial charge in [0, 0.05) is 24.5 Å². The van der Waals surface area contributed by atoms with Crippen LogP contribution in [0, 0.1) is 6.92 Å². The van der Waals surface area contributed by atoms with E-state index in [0.29, 0.717) is 18.7 Å². The Kier molecular flexibility index (Phi) is 4.66. The number of para-hydroxylation sites is 2. The Balaban J connectivity index is 1.63. The molecule has 1 amide bonds. The van der Waals surface area contributed by atoms with Crippen LogP contribution in [-0.4, -0.2) is 20.4 Å². The highest BCUT2D eigenvalue weighted by molar-refractivity contribution is 5.93. The molecule has 5 heteroatoms. The fraction of sp³-hybridized carbons (Fsp3) is 0.136. The first-order valence-electron chi connectivity index (χ1n) is 8.88. The number of hydrogen-bond acceptors (Lipinski definition) is 3. The lowest BCUT2D eigenvalue weighted by Crippen LogP contribution is -2.24. The van der Waals surface area contributed by atoms with Gasteiger partial charge >= 0.3 is 0 Å². The third kappa shape index (κ3) is 3.72. The highest BCUT2D eigenvalue weighted by Gasteiger charge is 2.13. The zero-order valence-electron chi connectivity index (χ0n) is 15.1. The molecule has 0 spiro atoms. The minimum absolute atomic E-state index is 0.133. The van der Waals surface area contributed by atoms with Gasteiger partial charge in [-0.3, -0.25) is 9.78 Å². The maximum Gasteiger partial charge on any atom is 0.251 e. The number of pyridine rings is 1. The van der Waals surface area contributed by atoms with Gasteiger partial charge in [-0.2, -0.15) is 0 Å². The molecule has 0 radical (unpaired) electrons. The average Bonchev–Trinajstić information content (AvgIpc) is 3.04. The standard InChI is InChI=1S/C22H20N4O/c1-16-5-4-6-17(13-16)15-26-20-8-3-2-7-19(20)25-21(26)14-24-22(27)18-9-11-23-12-10-18/h2-13H,14-15H2,1H3,(H,24,27). The van der Waals surface area contributed by atoms with E-state index in [1.807, 2.05) is 18.2 Å². The van der Waals surface area contributed by atoms with E-state index >= 15 is 0 Å². The number of nitrogens with zero attached hydrogens (tertiary/aromatic N) is 3. The smallest absolute Gasteiger partial charge is 0.251 e. The van der Waals surface area contributed by atoms with Gasteiger partial charge in [-0.25, -0.2) is 4.98 Å². The Morgan fingerprint density at radius 1 is 1.04 bits per heavy atom. The number of aryl methyl sites for hydroxylation is 1. The van der Waals surface area contributed by atoms with Crippen molar-refractivity contribution in [3.05, 3.63) is 95.6 Å². The summed E-state index contributed by atoms with van der Waals surface area (Å²) in [6, 6.07) is 19.9. The van der Waals surface area contributed by atoms with Gasteiger partial charge < -0.3 is 9.88 Å². The third-order valence-corrected chi connectivity index (χ3v) is 4.51. The maximum atomic E-state index is 12.4. The summed E-state index contributed by atoms with van der Waals surface area (Å²) in [7, 11) is 0. The molecule has 0 fully saturated rings. The number of fused-ring (bicyclic) bond motifs is 1. The Morgan fingerprint density at radius 2 is 1.85 bits per heavy atom. The van der Waals surface area contributed by atoms with E-state index in [-0.39, 0.29) is 5.91 Å². The molecule has 134 valence electrons. The lowest BCUT2D eigenvalue weighted by atomic mass is 10.1. The Bertz CT molecular complexity index is 1090. The van der Waals surface area contributed by atoms with E-state index in [4.69, 9.17) is 4.98 Å². The third-order valence-electron chi connectivity index (χ3n) is 4.51. The zero-order valence-corrected chi connectivity index (χ0v) is 15.1. The molecule has 2 heterocycles. The van der Waals surface area contributed by atoms with Crippen molar-refractivity contribution >= 4 is 16.9 Å². The molecule has 0 aliphatic rings. The predicted octanol–water partition coefficient (Wildman–Crippen LogP) is 3.72. The van der Waals surface area contributed by atoms with E-state index in [1.165, 1.54) is 11.1 Å². The van der Waals surface area contributed by atoms with Crippen LogP contribution < -0.4 is 5.32 Å². The molecule has 27 heavy (non-hydrogen) atoms. The van der Waals surface area contributed by atoms with Gasteiger partial charge in [0.1, 0.15) is 5.82 Å². The summed E-state index contributed by atoms with van der Waals surface area (Å²) in [6.45, 7) is 3.16. The van der Waals surface area contributed by atoms with Crippen molar-refractivity contribution in [1.29, 1.82) is 0 Å². The van der Waals surface area contributed by atoms with Crippen LogP contribution in [0.3, 0.4) is 0 Å². The van der Waals surface area contributed by atoms with Crippen LogP contribution in [0.25, 0.3) is 11.0 Å². The predicted molar refractivity (Wildman–Crippen MR) is 105 cm³/mol. The molecular weight excluding hydrogens is 336 g/mol. The number of aromatic nitrogens is 3. The van der Waals surface area contributed by atoms with Crippen molar-refractivity contribution in [2.75, 3.05) is 0 Å². The molecule has 4 rings (SSSR count). The van der Waals surface area contributed by atoms with Crippen LogP contribution >= 0.6 is 0 Å². The van der Waals surface area contributed by atoms with Crippen molar-refractivity contribution in [3.63, 3.8) is 0 Å². The summed E-state index contributed by atoms with van der Waals surface area (Å²) >= 11 is 0. The molecule has 1 N–H and O–H groups in total. The zero-order chi connectivity index (χ0) is 18.6. The van der Waals surface area contributed by atoms with E-state index < -0.39 is 0 Å². The van der Waals surface area contributed by atoms with Crippen LogP contribution in [-0.2, 0) is 13.1 Å². The first kappa shape index (κ1) is 17.0. The summed E-state index contributed by atoms with van der Waals surface area (Å²) in [4.78, 5) is 21.1. The fourth-order valence-electron chi connectivity index (χ4n) is 3.19. The van der Waals surface area contributed by atoms with Gasteiger partial charge in [0.05, 0.1) is 17.6 Å². The van der Waals surface area contributed by atoms with Gasteiger partial charge in [0.25, 0.3) is 5.91 Å². The highest BCUT2D eigenvalue weighted by atomic mass is 16.1. The highest BCUT2D eigenvalue weighted by Crippen LogP contribution is 2.18. The molecule has 0 aliphatic heterocycles. The molecule has 0 saturated heterocycles. The molecular formula is C22H20N4O. The van der Waals surface area contributed by atoms with E-state index in [9.17, 15) is 4.79 Å². The van der Waals surface area contributed by atoms with Crippen molar-refractivity contribution in [2.45, 2.75) is 20.0 Å². The number of rotatable bonds is 5. The summed E-state index contributed by atoms with van der Waals surface area (Å²) in [5.74, 6) is 0.701. The van der Waals surface area contributed by atoms with Gasteiger partial charge in [0.15, 0.2) is 0 Å². The second-order valence-electron chi connectivity index (χ2n) is 6.51. The van der Waals surface area contributed by atoms with Crippen LogP contribution in [0.1, 0.15) is 27.3 Å². The molecule has 0 saturated carbocycles. The largest absolute Gasteiger partial charge is 0.345 e.